The van der Waals surface area contributed by atoms with E-state index in [2.05, 4.69) is 40.8 Å². The molecule has 0 saturated heterocycles. The predicted molar refractivity (Wildman–Crippen MR) is 120 cm³/mol. The van der Waals surface area contributed by atoms with Crippen molar-refractivity contribution in [2.75, 3.05) is 6.61 Å². The van der Waals surface area contributed by atoms with E-state index in [0.717, 1.165) is 45.1 Å². The summed E-state index contributed by atoms with van der Waals surface area (Å²) in [5.41, 5.74) is 0.175. The van der Waals surface area contributed by atoms with Gasteiger partial charge >= 0.3 is 0 Å². The second-order valence-corrected chi connectivity index (χ2v) is 17.6. The van der Waals surface area contributed by atoms with Gasteiger partial charge in [-0.1, -0.05) is 27.7 Å². The lowest BCUT2D eigenvalue weighted by Gasteiger charge is -2.61. The zero-order valence-corrected chi connectivity index (χ0v) is 20.7. The Balaban J connectivity index is 1.64. The molecule has 4 saturated carbocycles. The predicted octanol–water partition coefficient (Wildman–Crippen LogP) is 5.96. The maximum absolute atomic E-state index is 12.7. The van der Waals surface area contributed by atoms with Gasteiger partial charge in [-0.2, -0.15) is 0 Å². The Morgan fingerprint density at radius 1 is 1.07 bits per heavy atom. The Hall–Kier alpha value is -0.193. The van der Waals surface area contributed by atoms with E-state index in [4.69, 9.17) is 4.43 Å². The van der Waals surface area contributed by atoms with Crippen LogP contribution in [0.2, 0.25) is 18.1 Å². The third-order valence-corrected chi connectivity index (χ3v) is 15.0. The SMILES string of the molecule is CC12CCC3C(CCC4CC(O)CCC43CO[Si](C)(C)C(C)(C)C)C1CCC2=O. The van der Waals surface area contributed by atoms with E-state index >= 15 is 0 Å². The molecule has 0 aromatic carbocycles. The van der Waals surface area contributed by atoms with E-state index in [-0.39, 0.29) is 22.0 Å². The number of aliphatic hydroxyl groups excluding tert-OH is 1. The molecule has 0 amide bonds. The van der Waals surface area contributed by atoms with Gasteiger partial charge in [-0.05, 0) is 98.6 Å². The van der Waals surface area contributed by atoms with Crippen LogP contribution in [0.25, 0.3) is 0 Å². The molecule has 4 heteroatoms. The molecule has 7 unspecified atom stereocenters. The normalized spacial score (nSPS) is 45.5. The van der Waals surface area contributed by atoms with Gasteiger partial charge in [-0.3, -0.25) is 4.79 Å². The van der Waals surface area contributed by atoms with Gasteiger partial charge in [-0.15, -0.1) is 0 Å². The standard InChI is InChI=1S/C25H44O3Si/c1-23(2,3)29(5,6)28-16-25-14-11-18(26)15-17(25)7-8-19-20-9-10-22(27)24(20,4)13-12-21(19)25/h17-21,26H,7-16H2,1-6H3. The molecule has 0 radical (unpaired) electrons. The first-order valence-electron chi connectivity index (χ1n) is 12.3. The number of ketones is 1. The monoisotopic (exact) mass is 420 g/mol. The third kappa shape index (κ3) is 3.40. The van der Waals surface area contributed by atoms with E-state index in [1.165, 1.54) is 19.3 Å². The van der Waals surface area contributed by atoms with Crippen molar-refractivity contribution in [1.82, 2.24) is 0 Å². The number of carbonyl (C=O) groups is 1. The maximum Gasteiger partial charge on any atom is 0.192 e. The van der Waals surface area contributed by atoms with Crippen LogP contribution in [0.1, 0.15) is 85.5 Å². The van der Waals surface area contributed by atoms with Crippen LogP contribution < -0.4 is 0 Å². The number of rotatable bonds is 3. The topological polar surface area (TPSA) is 46.5 Å². The lowest BCUT2D eigenvalue weighted by atomic mass is 9.45. The van der Waals surface area contributed by atoms with Crippen molar-refractivity contribution < 1.29 is 14.3 Å². The van der Waals surface area contributed by atoms with Crippen molar-refractivity contribution in [3.63, 3.8) is 0 Å². The highest BCUT2D eigenvalue weighted by Gasteiger charge is 2.62. The highest BCUT2D eigenvalue weighted by atomic mass is 28.4. The average Bonchev–Trinajstić information content (AvgIpc) is 2.94. The Bertz CT molecular complexity index is 653. The van der Waals surface area contributed by atoms with E-state index < -0.39 is 8.32 Å². The van der Waals surface area contributed by atoms with Crippen LogP contribution in [0.3, 0.4) is 0 Å². The number of fused-ring (bicyclic) bond motifs is 5. The summed E-state index contributed by atoms with van der Waals surface area (Å²) in [4.78, 5) is 12.7. The van der Waals surface area contributed by atoms with Crippen LogP contribution in [0.4, 0.5) is 0 Å². The van der Waals surface area contributed by atoms with E-state index in [1.54, 1.807) is 0 Å². The van der Waals surface area contributed by atoms with E-state index in [0.29, 0.717) is 29.5 Å². The lowest BCUT2D eigenvalue weighted by molar-refractivity contribution is -0.154. The van der Waals surface area contributed by atoms with Gasteiger partial charge in [0, 0.05) is 18.4 Å². The van der Waals surface area contributed by atoms with Gasteiger partial charge in [0.2, 0.25) is 0 Å². The van der Waals surface area contributed by atoms with Gasteiger partial charge in [-0.25, -0.2) is 0 Å². The number of hydrogen-bond acceptors (Lipinski definition) is 3. The molecule has 1 N–H and O–H groups in total. The molecule has 4 aliphatic carbocycles. The molecular weight excluding hydrogens is 376 g/mol. The van der Waals surface area contributed by atoms with Crippen LogP contribution in [0.15, 0.2) is 0 Å². The van der Waals surface area contributed by atoms with Crippen LogP contribution >= 0.6 is 0 Å². The lowest BCUT2D eigenvalue weighted by Crippen LogP contribution is -2.58. The third-order valence-electron chi connectivity index (χ3n) is 10.6. The second-order valence-electron chi connectivity index (χ2n) is 12.8. The quantitative estimate of drug-likeness (QED) is 0.573. The average molecular weight is 421 g/mol. The van der Waals surface area contributed by atoms with Gasteiger partial charge in [0.25, 0.3) is 0 Å². The van der Waals surface area contributed by atoms with Crippen LogP contribution in [0.5, 0.6) is 0 Å². The highest BCUT2D eigenvalue weighted by molar-refractivity contribution is 6.74. The van der Waals surface area contributed by atoms with Gasteiger partial charge in [0.1, 0.15) is 5.78 Å². The Kier molecular flexibility index (Phi) is 5.44. The van der Waals surface area contributed by atoms with Crippen molar-refractivity contribution in [2.24, 2.45) is 34.5 Å². The fourth-order valence-corrected chi connectivity index (χ4v) is 8.67. The van der Waals surface area contributed by atoms with Crippen molar-refractivity contribution in [2.45, 2.75) is 110 Å². The number of Topliss-reactive ketones (excluding diaryl/α,β-unsaturated/α-hetero) is 1. The molecule has 0 spiro atoms. The van der Waals surface area contributed by atoms with Crippen LogP contribution in [-0.2, 0) is 9.22 Å². The summed E-state index contributed by atoms with van der Waals surface area (Å²) in [5, 5.41) is 10.7. The molecule has 3 nitrogen and oxygen atoms in total. The van der Waals surface area contributed by atoms with Gasteiger partial charge in [0.05, 0.1) is 6.10 Å². The summed E-state index contributed by atoms with van der Waals surface area (Å²) in [6.45, 7) is 14.9. The molecule has 0 bridgehead atoms. The maximum atomic E-state index is 12.7. The number of carbonyl (C=O) groups excluding carboxylic acids is 1. The summed E-state index contributed by atoms with van der Waals surface area (Å²) in [6.07, 6.45) is 9.56. The summed E-state index contributed by atoms with van der Waals surface area (Å²) in [5.74, 6) is 3.09. The van der Waals surface area contributed by atoms with Gasteiger partial charge < -0.3 is 9.53 Å². The Morgan fingerprint density at radius 2 is 1.79 bits per heavy atom. The molecule has 4 rings (SSSR count). The molecule has 7 atom stereocenters. The molecule has 0 aromatic heterocycles. The minimum atomic E-state index is -1.81. The molecule has 0 aliphatic heterocycles. The first kappa shape index (κ1) is 22.0. The van der Waals surface area contributed by atoms with Crippen molar-refractivity contribution in [3.05, 3.63) is 0 Å². The smallest absolute Gasteiger partial charge is 0.192 e. The molecule has 0 heterocycles. The largest absolute Gasteiger partial charge is 0.416 e. The van der Waals surface area contributed by atoms with Gasteiger partial charge in [0.15, 0.2) is 8.32 Å². The van der Waals surface area contributed by atoms with Crippen LogP contribution in [0, 0.1) is 34.5 Å². The molecule has 0 aromatic rings. The minimum Gasteiger partial charge on any atom is -0.416 e. The van der Waals surface area contributed by atoms with Crippen molar-refractivity contribution in [1.29, 1.82) is 0 Å². The minimum absolute atomic E-state index is 0.0519. The summed E-state index contributed by atoms with van der Waals surface area (Å²) < 4.78 is 6.93. The summed E-state index contributed by atoms with van der Waals surface area (Å²) >= 11 is 0. The van der Waals surface area contributed by atoms with Crippen molar-refractivity contribution in [3.8, 4) is 0 Å². The van der Waals surface area contributed by atoms with Crippen molar-refractivity contribution >= 4 is 14.1 Å². The first-order chi connectivity index (χ1) is 13.4. The van der Waals surface area contributed by atoms with Crippen LogP contribution in [-0.4, -0.2) is 31.9 Å². The fourth-order valence-electron chi connectivity index (χ4n) is 7.61. The highest BCUT2D eigenvalue weighted by Crippen LogP contribution is 2.65. The summed E-state index contributed by atoms with van der Waals surface area (Å²) in [6, 6.07) is 0. The Morgan fingerprint density at radius 3 is 2.48 bits per heavy atom. The zero-order chi connectivity index (χ0) is 21.2. The zero-order valence-electron chi connectivity index (χ0n) is 19.7. The fraction of sp³-hybridized carbons (Fsp3) is 0.960. The molecule has 4 fully saturated rings. The second kappa shape index (κ2) is 7.17. The van der Waals surface area contributed by atoms with E-state index in [9.17, 15) is 9.90 Å². The number of aliphatic hydroxyl groups is 1. The molecule has 29 heavy (non-hydrogen) atoms. The molecule has 4 aliphatic rings. The van der Waals surface area contributed by atoms with E-state index in [1.807, 2.05) is 0 Å². The molecule has 166 valence electrons. The first-order valence-corrected chi connectivity index (χ1v) is 15.2. The molecular formula is C25H44O3Si. The number of hydrogen-bond donors (Lipinski definition) is 1. The summed E-state index contributed by atoms with van der Waals surface area (Å²) in [7, 11) is -1.81. The Labute approximate surface area is 179 Å².